The number of carbonyl (C=O) groups is 1. The van der Waals surface area contributed by atoms with Gasteiger partial charge in [-0.25, -0.2) is 4.79 Å². The van der Waals surface area contributed by atoms with E-state index in [0.29, 0.717) is 29.9 Å². The minimum absolute atomic E-state index is 0.0578. The molecule has 1 aromatic carbocycles. The van der Waals surface area contributed by atoms with E-state index in [4.69, 9.17) is 22.4 Å². The zero-order valence-electron chi connectivity index (χ0n) is 24.6. The second-order valence-corrected chi connectivity index (χ2v) is 25.3. The van der Waals surface area contributed by atoms with Crippen molar-refractivity contribution in [2.75, 3.05) is 20.8 Å². The number of fused-ring (bicyclic) bond motifs is 1. The summed E-state index contributed by atoms with van der Waals surface area (Å²) in [6, 6.07) is 6.76. The largest absolute Gasteiger partial charge is 0.493 e. The molecule has 0 fully saturated rings. The van der Waals surface area contributed by atoms with Crippen LogP contribution in [0.2, 0.25) is 51.9 Å². The van der Waals surface area contributed by atoms with Crippen LogP contribution in [0.5, 0.6) is 11.5 Å². The van der Waals surface area contributed by atoms with Crippen molar-refractivity contribution < 1.29 is 27.2 Å². The van der Waals surface area contributed by atoms with Gasteiger partial charge in [0.05, 0.1) is 20.8 Å². The molecule has 0 aromatic heterocycles. The van der Waals surface area contributed by atoms with Gasteiger partial charge in [-0.3, -0.25) is 0 Å². The molecule has 0 unspecified atom stereocenters. The number of benzene rings is 1. The van der Waals surface area contributed by atoms with Gasteiger partial charge in [0.25, 0.3) is 0 Å². The first-order chi connectivity index (χ1) is 16.9. The molecular weight excluding hydrogens is 519 g/mol. The molecule has 0 atom stereocenters. The zero-order valence-corrected chi connectivity index (χ0v) is 27.6. The van der Waals surface area contributed by atoms with Crippen molar-refractivity contribution in [1.82, 2.24) is 0 Å². The van der Waals surface area contributed by atoms with Crippen LogP contribution in [0.4, 0.5) is 0 Å². The van der Waals surface area contributed by atoms with Gasteiger partial charge in [0.2, 0.25) is 0 Å². The molecule has 0 spiro atoms. The van der Waals surface area contributed by atoms with Crippen LogP contribution in [0.1, 0.15) is 44.2 Å². The third-order valence-corrected chi connectivity index (χ3v) is 15.7. The molecule has 2 rings (SSSR count). The molecule has 0 heterocycles. The van der Waals surface area contributed by atoms with Crippen LogP contribution in [0.3, 0.4) is 0 Å². The van der Waals surface area contributed by atoms with E-state index in [2.05, 4.69) is 65.7 Å². The molecule has 0 saturated carbocycles. The fourth-order valence-electron chi connectivity index (χ4n) is 4.98. The van der Waals surface area contributed by atoms with Crippen LogP contribution in [0.15, 0.2) is 17.7 Å². The average molecular weight is 564 g/mol. The summed E-state index contributed by atoms with van der Waals surface area (Å²) in [4.78, 5) is 13.0. The van der Waals surface area contributed by atoms with Crippen LogP contribution in [0, 0.1) is 11.3 Å². The number of allylic oxidation sites excluding steroid dienone is 1. The maximum atomic E-state index is 13.0. The van der Waals surface area contributed by atoms with Gasteiger partial charge in [0, 0.05) is 0 Å². The molecule has 7 nitrogen and oxygen atoms in total. The Morgan fingerprint density at radius 1 is 0.946 bits per heavy atom. The fraction of sp³-hybridized carbons (Fsp3) is 0.630. The maximum Gasteiger partial charge on any atom is 0.349 e. The van der Waals surface area contributed by atoms with E-state index < -0.39 is 31.2 Å². The number of rotatable bonds is 12. The predicted octanol–water partition coefficient (Wildman–Crippen LogP) is 6.76. The fourth-order valence-corrected chi connectivity index (χ4v) is 17.6. The Hall–Kier alpha value is -1.91. The highest BCUT2D eigenvalue weighted by Crippen LogP contribution is 2.50. The van der Waals surface area contributed by atoms with E-state index in [1.165, 1.54) is 0 Å². The molecule has 1 aliphatic carbocycles. The molecule has 0 N–H and O–H groups in total. The summed E-state index contributed by atoms with van der Waals surface area (Å²) in [6.45, 7) is 19.8. The van der Waals surface area contributed by atoms with E-state index in [1.807, 2.05) is 12.1 Å². The first-order valence-electron chi connectivity index (χ1n) is 12.9. The maximum absolute atomic E-state index is 13.0. The lowest BCUT2D eigenvalue weighted by Gasteiger charge is -2.38. The Labute approximate surface area is 226 Å². The second-order valence-electron chi connectivity index (χ2n) is 12.4. The summed E-state index contributed by atoms with van der Waals surface area (Å²) in [5, 5.41) is 9.92. The van der Waals surface area contributed by atoms with E-state index in [-0.39, 0.29) is 17.6 Å². The summed E-state index contributed by atoms with van der Waals surface area (Å²) >= 11 is 0. The normalized spacial score (nSPS) is 16.6. The molecule has 37 heavy (non-hydrogen) atoms. The minimum atomic E-state index is -2.32. The van der Waals surface area contributed by atoms with E-state index in [0.717, 1.165) is 23.6 Å². The standard InChI is InChI=1S/C27H45NO6Si3/c1-27(2)18-21(20-16-24(30-3)25(31-4)17-23(20)27)22(19-28)26(29)32-14-12-13-15-37(11,33-35(5,6)7)34-36(8,9)10/h16-17H,12-15,18H2,1-11H3/b22-21+. The van der Waals surface area contributed by atoms with Gasteiger partial charge < -0.3 is 22.4 Å². The van der Waals surface area contributed by atoms with Crippen molar-refractivity contribution in [3.8, 4) is 17.6 Å². The van der Waals surface area contributed by atoms with Crippen molar-refractivity contribution in [2.24, 2.45) is 0 Å². The Bertz CT molecular complexity index is 1050. The lowest BCUT2D eigenvalue weighted by Crippen LogP contribution is -2.52. The highest BCUT2D eigenvalue weighted by atomic mass is 28.5. The van der Waals surface area contributed by atoms with Crippen LogP contribution < -0.4 is 9.47 Å². The van der Waals surface area contributed by atoms with Crippen molar-refractivity contribution >= 4 is 36.7 Å². The highest BCUT2D eigenvalue weighted by molar-refractivity contribution is 6.87. The summed E-state index contributed by atoms with van der Waals surface area (Å²) in [5.74, 6) is 0.617. The summed E-state index contributed by atoms with van der Waals surface area (Å²) < 4.78 is 29.6. The number of ether oxygens (including phenoxy) is 3. The smallest absolute Gasteiger partial charge is 0.349 e. The third-order valence-electron chi connectivity index (χ3n) is 6.12. The van der Waals surface area contributed by atoms with Crippen LogP contribution >= 0.6 is 0 Å². The molecule has 0 saturated heterocycles. The number of hydrogen-bond acceptors (Lipinski definition) is 7. The monoisotopic (exact) mass is 563 g/mol. The van der Waals surface area contributed by atoms with Gasteiger partial charge in [-0.05, 0) is 105 Å². The Morgan fingerprint density at radius 3 is 1.97 bits per heavy atom. The van der Waals surface area contributed by atoms with Gasteiger partial charge in [0.1, 0.15) is 11.6 Å². The first-order valence-corrected chi connectivity index (χ1v) is 22.3. The number of methoxy groups -OCH3 is 2. The molecule has 1 aromatic rings. The number of esters is 1. The number of nitriles is 1. The molecule has 206 valence electrons. The number of nitrogens with zero attached hydrogens (tertiary/aromatic N) is 1. The van der Waals surface area contributed by atoms with Crippen molar-refractivity contribution in [3.63, 3.8) is 0 Å². The average Bonchev–Trinajstić information content (AvgIpc) is 3.00. The summed E-state index contributed by atoms with van der Waals surface area (Å²) in [7, 11) is -2.66. The van der Waals surface area contributed by atoms with Crippen molar-refractivity contribution in [3.05, 3.63) is 28.8 Å². The Kier molecular flexibility index (Phi) is 10.0. The Morgan fingerprint density at radius 2 is 1.49 bits per heavy atom. The minimum Gasteiger partial charge on any atom is -0.493 e. The lowest BCUT2D eigenvalue weighted by molar-refractivity contribution is -0.138. The molecule has 1 aliphatic rings. The van der Waals surface area contributed by atoms with E-state index >= 15 is 0 Å². The second kappa shape index (κ2) is 11.9. The number of carbonyl (C=O) groups excluding carboxylic acids is 1. The van der Waals surface area contributed by atoms with E-state index in [1.54, 1.807) is 14.2 Å². The topological polar surface area (TPSA) is 87.0 Å². The number of unbranched alkanes of at least 4 members (excludes halogenated alkanes) is 1. The SMILES string of the molecule is COc1cc2c(cc1OC)C(C)(C)C/C2=C(/C#N)C(=O)OCCCC[Si](C)(O[Si](C)(C)C)O[Si](C)(C)C. The molecule has 0 aliphatic heterocycles. The van der Waals surface area contributed by atoms with Crippen LogP contribution in [-0.2, 0) is 23.2 Å². The first kappa shape index (κ1) is 31.3. The quantitative estimate of drug-likeness (QED) is 0.0912. The van der Waals surface area contributed by atoms with Gasteiger partial charge in [-0.1, -0.05) is 13.8 Å². The lowest BCUT2D eigenvalue weighted by atomic mass is 9.86. The molecule has 10 heteroatoms. The molecular formula is C27H45NO6Si3. The zero-order chi connectivity index (χ0) is 28.2. The predicted molar refractivity (Wildman–Crippen MR) is 155 cm³/mol. The molecule has 0 bridgehead atoms. The van der Waals surface area contributed by atoms with Gasteiger partial charge >= 0.3 is 14.5 Å². The molecule has 0 amide bonds. The van der Waals surface area contributed by atoms with Crippen molar-refractivity contribution in [1.29, 1.82) is 5.26 Å². The van der Waals surface area contributed by atoms with Crippen LogP contribution in [-0.4, -0.2) is 52.0 Å². The molecule has 0 radical (unpaired) electrons. The van der Waals surface area contributed by atoms with Crippen LogP contribution in [0.25, 0.3) is 5.57 Å². The highest BCUT2D eigenvalue weighted by Gasteiger charge is 2.40. The van der Waals surface area contributed by atoms with Gasteiger partial charge in [-0.2, -0.15) is 5.26 Å². The third kappa shape index (κ3) is 8.55. The summed E-state index contributed by atoms with van der Waals surface area (Å²) in [5.41, 5.74) is 2.36. The van der Waals surface area contributed by atoms with Gasteiger partial charge in [0.15, 0.2) is 28.1 Å². The number of hydrogen-bond donors (Lipinski definition) is 0. The van der Waals surface area contributed by atoms with Gasteiger partial charge in [-0.15, -0.1) is 0 Å². The van der Waals surface area contributed by atoms with Crippen molar-refractivity contribution in [2.45, 2.75) is 90.4 Å². The van der Waals surface area contributed by atoms with E-state index in [9.17, 15) is 10.1 Å². The summed E-state index contributed by atoms with van der Waals surface area (Å²) in [6.07, 6.45) is 2.10. The Balaban J connectivity index is 2.13.